The topological polar surface area (TPSA) is 116 Å². The lowest BCUT2D eigenvalue weighted by molar-refractivity contribution is 0.0984. The van der Waals surface area contributed by atoms with E-state index in [-0.39, 0.29) is 23.7 Å². The highest BCUT2D eigenvalue weighted by Gasteiger charge is 2.26. The van der Waals surface area contributed by atoms with E-state index in [4.69, 9.17) is 5.26 Å². The number of aromatic amines is 1. The van der Waals surface area contributed by atoms with Gasteiger partial charge in [-0.15, -0.1) is 0 Å². The number of Topliss-reactive ketones (excluding diaryl/α,β-unsaturated/α-hetero) is 1. The zero-order valence-electron chi connectivity index (χ0n) is 17.4. The molecule has 1 aromatic carbocycles. The Balaban J connectivity index is 1.99. The molecule has 1 aliphatic carbocycles. The van der Waals surface area contributed by atoms with E-state index in [1.165, 1.54) is 11.8 Å². The Morgan fingerprint density at radius 2 is 2.10 bits per heavy atom. The van der Waals surface area contributed by atoms with Crippen LogP contribution < -0.4 is 4.72 Å². The summed E-state index contributed by atoms with van der Waals surface area (Å²) >= 11 is 0. The van der Waals surface area contributed by atoms with Crippen molar-refractivity contribution in [2.75, 3.05) is 6.26 Å². The molecule has 158 valence electrons. The zero-order valence-corrected chi connectivity index (χ0v) is 18.3. The molecule has 7 nitrogen and oxygen atoms in total. The van der Waals surface area contributed by atoms with Gasteiger partial charge in [0.2, 0.25) is 15.8 Å². The number of hydrogen-bond donors (Lipinski definition) is 2. The van der Waals surface area contributed by atoms with E-state index >= 15 is 0 Å². The Morgan fingerprint density at radius 3 is 2.70 bits per heavy atom. The average Bonchev–Trinajstić information content (AvgIpc) is 3.16. The quantitative estimate of drug-likeness (QED) is 0.658. The number of allylic oxidation sites excluding steroid dienone is 2. The number of sulfonamides is 1. The summed E-state index contributed by atoms with van der Waals surface area (Å²) in [6, 6.07) is 7.67. The Bertz CT molecular complexity index is 1140. The van der Waals surface area contributed by atoms with Gasteiger partial charge < -0.3 is 4.98 Å². The van der Waals surface area contributed by atoms with Gasteiger partial charge in [-0.1, -0.05) is 18.2 Å². The lowest BCUT2D eigenvalue weighted by atomic mass is 9.85. The maximum Gasteiger partial charge on any atom is 0.209 e. The first-order valence-corrected chi connectivity index (χ1v) is 11.8. The molecule has 2 aromatic rings. The van der Waals surface area contributed by atoms with Gasteiger partial charge in [0.05, 0.1) is 18.0 Å². The molecule has 0 saturated carbocycles. The molecule has 0 fully saturated rings. The second-order valence-electron chi connectivity index (χ2n) is 8.20. The van der Waals surface area contributed by atoms with Crippen LogP contribution in [0, 0.1) is 11.3 Å². The molecule has 0 aliphatic heterocycles. The third-order valence-corrected chi connectivity index (χ3v) is 6.10. The van der Waals surface area contributed by atoms with Crippen LogP contribution in [-0.4, -0.2) is 30.4 Å². The average molecular weight is 427 g/mol. The number of benzene rings is 1. The highest BCUT2D eigenvalue weighted by Crippen LogP contribution is 2.33. The SMILES string of the molecule is CC(C)(NS(C)(=O)=O)c1ccc(CC(=O)c2ncc(C#N)[nH]2)c(C2=CCCCC2)c1. The van der Waals surface area contributed by atoms with Crippen LogP contribution in [-0.2, 0) is 22.0 Å². The second kappa shape index (κ2) is 8.54. The minimum absolute atomic E-state index is 0.144. The summed E-state index contributed by atoms with van der Waals surface area (Å²) in [5.41, 5.74) is 3.30. The van der Waals surface area contributed by atoms with Gasteiger partial charge in [-0.2, -0.15) is 5.26 Å². The third kappa shape index (κ3) is 5.23. The van der Waals surface area contributed by atoms with Crippen molar-refractivity contribution in [2.45, 2.75) is 51.5 Å². The van der Waals surface area contributed by atoms with Gasteiger partial charge in [0.25, 0.3) is 0 Å². The number of imidazole rings is 1. The number of nitriles is 1. The van der Waals surface area contributed by atoms with Crippen LogP contribution in [0.15, 0.2) is 30.5 Å². The predicted octanol–water partition coefficient (Wildman–Crippen LogP) is 3.45. The van der Waals surface area contributed by atoms with Crippen LogP contribution in [0.2, 0.25) is 0 Å². The molecule has 0 spiro atoms. The van der Waals surface area contributed by atoms with E-state index in [0.29, 0.717) is 0 Å². The van der Waals surface area contributed by atoms with Crippen molar-refractivity contribution in [3.63, 3.8) is 0 Å². The summed E-state index contributed by atoms with van der Waals surface area (Å²) in [7, 11) is -3.39. The van der Waals surface area contributed by atoms with Gasteiger partial charge in [-0.25, -0.2) is 18.1 Å². The number of nitrogens with zero attached hydrogens (tertiary/aromatic N) is 2. The first-order chi connectivity index (χ1) is 14.1. The van der Waals surface area contributed by atoms with Crippen LogP contribution in [0.3, 0.4) is 0 Å². The van der Waals surface area contributed by atoms with Crippen molar-refractivity contribution in [1.29, 1.82) is 5.26 Å². The summed E-state index contributed by atoms with van der Waals surface area (Å²) in [6.45, 7) is 3.64. The van der Waals surface area contributed by atoms with Crippen molar-refractivity contribution in [3.8, 4) is 6.07 Å². The number of hydrogen-bond acceptors (Lipinski definition) is 5. The molecule has 0 unspecified atom stereocenters. The fourth-order valence-electron chi connectivity index (χ4n) is 3.80. The van der Waals surface area contributed by atoms with Crippen molar-refractivity contribution in [3.05, 3.63) is 58.7 Å². The first kappa shape index (κ1) is 21.9. The maximum atomic E-state index is 12.7. The summed E-state index contributed by atoms with van der Waals surface area (Å²) < 4.78 is 26.3. The second-order valence-corrected chi connectivity index (χ2v) is 9.95. The van der Waals surface area contributed by atoms with Crippen LogP contribution in [0.4, 0.5) is 0 Å². The molecule has 0 radical (unpaired) electrons. The Morgan fingerprint density at radius 1 is 1.33 bits per heavy atom. The van der Waals surface area contributed by atoms with Gasteiger partial charge in [-0.3, -0.25) is 4.79 Å². The van der Waals surface area contributed by atoms with Crippen molar-refractivity contribution in [1.82, 2.24) is 14.7 Å². The Kier molecular flexibility index (Phi) is 6.25. The van der Waals surface area contributed by atoms with Gasteiger partial charge in [0.1, 0.15) is 11.8 Å². The van der Waals surface area contributed by atoms with E-state index in [9.17, 15) is 13.2 Å². The Labute approximate surface area is 177 Å². The molecule has 2 N–H and O–H groups in total. The third-order valence-electron chi connectivity index (χ3n) is 5.22. The number of carbonyl (C=O) groups is 1. The molecule has 8 heteroatoms. The maximum absolute atomic E-state index is 12.7. The number of H-pyrrole nitrogens is 1. The van der Waals surface area contributed by atoms with Crippen LogP contribution >= 0.6 is 0 Å². The van der Waals surface area contributed by atoms with E-state index in [1.54, 1.807) is 0 Å². The zero-order chi connectivity index (χ0) is 21.9. The van der Waals surface area contributed by atoms with E-state index < -0.39 is 15.6 Å². The summed E-state index contributed by atoms with van der Waals surface area (Å²) in [5.74, 6) is -0.0336. The number of nitrogens with one attached hydrogen (secondary N) is 2. The molecular formula is C22H26N4O3S. The smallest absolute Gasteiger partial charge is 0.209 e. The number of ketones is 1. The molecule has 1 heterocycles. The van der Waals surface area contributed by atoms with Gasteiger partial charge >= 0.3 is 0 Å². The molecule has 1 aromatic heterocycles. The van der Waals surface area contributed by atoms with Crippen LogP contribution in [0.5, 0.6) is 0 Å². The normalized spacial score (nSPS) is 14.8. The molecule has 0 atom stereocenters. The number of rotatable bonds is 7. The number of carbonyl (C=O) groups excluding carboxylic acids is 1. The first-order valence-electron chi connectivity index (χ1n) is 9.89. The molecule has 0 saturated heterocycles. The van der Waals surface area contributed by atoms with E-state index in [0.717, 1.165) is 48.6 Å². The fourth-order valence-corrected chi connectivity index (χ4v) is 4.84. The molecule has 0 bridgehead atoms. The summed E-state index contributed by atoms with van der Waals surface area (Å²) in [4.78, 5) is 19.5. The van der Waals surface area contributed by atoms with Crippen molar-refractivity contribution >= 4 is 21.4 Å². The minimum atomic E-state index is -3.39. The minimum Gasteiger partial charge on any atom is -0.327 e. The highest BCUT2D eigenvalue weighted by atomic mass is 32.2. The van der Waals surface area contributed by atoms with Crippen molar-refractivity contribution < 1.29 is 13.2 Å². The van der Waals surface area contributed by atoms with Crippen LogP contribution in [0.1, 0.15) is 72.5 Å². The monoisotopic (exact) mass is 426 g/mol. The highest BCUT2D eigenvalue weighted by molar-refractivity contribution is 7.88. The molecule has 3 rings (SSSR count). The lowest BCUT2D eigenvalue weighted by Crippen LogP contribution is -2.40. The van der Waals surface area contributed by atoms with Crippen molar-refractivity contribution in [2.24, 2.45) is 0 Å². The molecular weight excluding hydrogens is 400 g/mol. The molecule has 30 heavy (non-hydrogen) atoms. The summed E-state index contributed by atoms with van der Waals surface area (Å²) in [5, 5.41) is 8.94. The Hall–Kier alpha value is -2.76. The standard InChI is InChI=1S/C22H26N4O3S/c1-22(2,26-30(3,28)29)17-10-9-16(19(12-17)15-7-5-4-6-8-15)11-20(27)21-24-14-18(13-23)25-21/h7,9-10,12,14,26H,4-6,8,11H2,1-3H3,(H,24,25). The van der Waals surface area contributed by atoms with Gasteiger partial charge in [0.15, 0.2) is 5.82 Å². The van der Waals surface area contributed by atoms with Gasteiger partial charge in [0, 0.05) is 6.42 Å². The van der Waals surface area contributed by atoms with Gasteiger partial charge in [-0.05, 0) is 67.9 Å². The largest absolute Gasteiger partial charge is 0.327 e. The molecule has 0 amide bonds. The molecule has 1 aliphatic rings. The van der Waals surface area contributed by atoms with E-state index in [2.05, 4.69) is 20.8 Å². The van der Waals surface area contributed by atoms with Crippen LogP contribution in [0.25, 0.3) is 5.57 Å². The van der Waals surface area contributed by atoms with E-state index in [1.807, 2.05) is 38.1 Å². The number of aromatic nitrogens is 2. The summed E-state index contributed by atoms with van der Waals surface area (Å²) in [6.07, 6.45) is 8.97. The lowest BCUT2D eigenvalue weighted by Gasteiger charge is -2.27. The predicted molar refractivity (Wildman–Crippen MR) is 115 cm³/mol. The fraction of sp³-hybridized carbons (Fsp3) is 0.409.